The SMILES string of the molecule is CC(=O)N[C@@H](C1O[C@@](O[C@@H]2C(O)[C@H](Sc3ccc(C)cc3)OC(CO)[C@@H]2O)(C(=O)[O-])C[C@@H](O)[C@H]1C)[C@@H](C)O. The molecular formula is C25H36NO11S-. The van der Waals surface area contributed by atoms with E-state index in [0.717, 1.165) is 17.3 Å². The first-order chi connectivity index (χ1) is 17.8. The summed E-state index contributed by atoms with van der Waals surface area (Å²) in [5.41, 5.74) is -0.0679. The number of amides is 1. The Balaban J connectivity index is 1.93. The van der Waals surface area contributed by atoms with Crippen LogP contribution < -0.4 is 10.4 Å². The maximum Gasteiger partial charge on any atom is 0.217 e. The number of benzene rings is 1. The van der Waals surface area contributed by atoms with Crippen LogP contribution in [-0.2, 0) is 23.8 Å². The molecule has 0 saturated carbocycles. The van der Waals surface area contributed by atoms with Gasteiger partial charge in [-0.1, -0.05) is 36.4 Å². The molecule has 0 spiro atoms. The average molecular weight is 559 g/mol. The van der Waals surface area contributed by atoms with Gasteiger partial charge in [0.25, 0.3) is 0 Å². The highest BCUT2D eigenvalue weighted by atomic mass is 32.2. The van der Waals surface area contributed by atoms with Crippen LogP contribution in [0, 0.1) is 12.8 Å². The van der Waals surface area contributed by atoms with Crippen molar-refractivity contribution in [2.75, 3.05) is 6.61 Å². The van der Waals surface area contributed by atoms with Crippen molar-refractivity contribution in [1.29, 1.82) is 0 Å². The number of carboxylic acids is 1. The lowest BCUT2D eigenvalue weighted by molar-refractivity contribution is -0.398. The normalized spacial score (nSPS) is 37.3. The molecule has 2 aliphatic heterocycles. The van der Waals surface area contributed by atoms with Gasteiger partial charge < -0.3 is 55.0 Å². The summed E-state index contributed by atoms with van der Waals surface area (Å²) in [6.07, 6.45) is -10.6. The van der Waals surface area contributed by atoms with Crippen LogP contribution in [0.25, 0.3) is 0 Å². The van der Waals surface area contributed by atoms with Gasteiger partial charge in [-0.15, -0.1) is 0 Å². The summed E-state index contributed by atoms with van der Waals surface area (Å²) in [7, 11) is 0. The molecule has 2 heterocycles. The van der Waals surface area contributed by atoms with Gasteiger partial charge in [0.2, 0.25) is 11.7 Å². The monoisotopic (exact) mass is 558 g/mol. The number of ether oxygens (including phenoxy) is 3. The summed E-state index contributed by atoms with van der Waals surface area (Å²) in [4.78, 5) is 24.9. The zero-order valence-corrected chi connectivity index (χ0v) is 22.4. The zero-order valence-electron chi connectivity index (χ0n) is 21.6. The van der Waals surface area contributed by atoms with E-state index >= 15 is 0 Å². The predicted molar refractivity (Wildman–Crippen MR) is 131 cm³/mol. The number of thioether (sulfide) groups is 1. The molecule has 0 bridgehead atoms. The minimum atomic E-state index is -2.68. The van der Waals surface area contributed by atoms with E-state index in [1.54, 1.807) is 19.1 Å². The standard InChI is InChI=1S/C25H37NO11S/c1-11-5-7-15(8-6-11)38-23-20(32)22(19(31)17(10-27)35-23)37-25(24(33)34)9-16(30)12(2)21(36-25)18(13(3)28)26-14(4)29/h5-8,12-13,16-23,27-28,30-32H,9-10H2,1-4H3,(H,26,29)(H,33,34)/p-1/t12-,13-,16-,17?,18-,19+,20?,21?,22+,23+,25+/m1/s1. The Morgan fingerprint density at radius 3 is 2.39 bits per heavy atom. The number of rotatable bonds is 9. The highest BCUT2D eigenvalue weighted by Crippen LogP contribution is 2.41. The van der Waals surface area contributed by atoms with Crippen molar-refractivity contribution in [1.82, 2.24) is 5.32 Å². The van der Waals surface area contributed by atoms with Crippen LogP contribution in [0.3, 0.4) is 0 Å². The van der Waals surface area contributed by atoms with Gasteiger partial charge in [-0.2, -0.15) is 0 Å². The van der Waals surface area contributed by atoms with Gasteiger partial charge in [0.15, 0.2) is 0 Å². The lowest BCUT2D eigenvalue weighted by Crippen LogP contribution is -2.69. The number of nitrogens with one attached hydrogen (secondary N) is 1. The van der Waals surface area contributed by atoms with Crippen LogP contribution in [0.4, 0.5) is 0 Å². The first-order valence-electron chi connectivity index (χ1n) is 12.4. The van der Waals surface area contributed by atoms with E-state index in [1.807, 2.05) is 19.1 Å². The number of carbonyl (C=O) groups is 2. The minimum Gasteiger partial charge on any atom is -0.544 e. The van der Waals surface area contributed by atoms with E-state index in [0.29, 0.717) is 4.90 Å². The van der Waals surface area contributed by atoms with Crippen LogP contribution in [0.15, 0.2) is 29.2 Å². The Labute approximate surface area is 224 Å². The van der Waals surface area contributed by atoms with Gasteiger partial charge in [-0.05, 0) is 26.0 Å². The molecule has 0 aliphatic carbocycles. The fourth-order valence-electron chi connectivity index (χ4n) is 4.68. The van der Waals surface area contributed by atoms with Crippen molar-refractivity contribution in [2.45, 2.75) is 99.0 Å². The third-order valence-electron chi connectivity index (χ3n) is 6.91. The van der Waals surface area contributed by atoms with E-state index in [2.05, 4.69) is 5.32 Å². The molecule has 0 aromatic heterocycles. The van der Waals surface area contributed by atoms with Crippen molar-refractivity contribution in [3.05, 3.63) is 29.8 Å². The van der Waals surface area contributed by atoms with Crippen molar-refractivity contribution in [2.24, 2.45) is 5.92 Å². The summed E-state index contributed by atoms with van der Waals surface area (Å²) in [5.74, 6) is -5.85. The minimum absolute atomic E-state index is 0.524. The lowest BCUT2D eigenvalue weighted by atomic mass is 9.83. The second-order valence-electron chi connectivity index (χ2n) is 9.94. The fraction of sp³-hybridized carbons (Fsp3) is 0.680. The fourth-order valence-corrected chi connectivity index (χ4v) is 5.74. The lowest BCUT2D eigenvalue weighted by Gasteiger charge is -2.52. The zero-order chi connectivity index (χ0) is 28.4. The maximum atomic E-state index is 12.5. The third kappa shape index (κ3) is 6.66. The maximum absolute atomic E-state index is 12.5. The van der Waals surface area contributed by atoms with Crippen molar-refractivity contribution in [3.63, 3.8) is 0 Å². The number of aliphatic hydroxyl groups excluding tert-OH is 5. The molecular weight excluding hydrogens is 522 g/mol. The number of carbonyl (C=O) groups excluding carboxylic acids is 2. The van der Waals surface area contributed by atoms with Crippen molar-refractivity contribution in [3.8, 4) is 0 Å². The number of carboxylic acid groups (broad SMARTS) is 1. The predicted octanol–water partition coefficient (Wildman–Crippen LogP) is -1.97. The summed E-state index contributed by atoms with van der Waals surface area (Å²) in [5, 5.41) is 67.8. The van der Waals surface area contributed by atoms with Gasteiger partial charge in [0.05, 0.1) is 31.0 Å². The van der Waals surface area contributed by atoms with Gasteiger partial charge in [-0.3, -0.25) is 4.79 Å². The Morgan fingerprint density at radius 1 is 1.24 bits per heavy atom. The number of hydrogen-bond donors (Lipinski definition) is 6. The molecule has 2 fully saturated rings. The molecule has 1 aromatic rings. The molecule has 11 atom stereocenters. The summed E-state index contributed by atoms with van der Waals surface area (Å²) >= 11 is 1.08. The smallest absolute Gasteiger partial charge is 0.217 e. The van der Waals surface area contributed by atoms with Crippen LogP contribution in [0.2, 0.25) is 0 Å². The second-order valence-corrected chi connectivity index (χ2v) is 11.1. The highest BCUT2D eigenvalue weighted by molar-refractivity contribution is 7.99. The first-order valence-corrected chi connectivity index (χ1v) is 13.2. The summed E-state index contributed by atoms with van der Waals surface area (Å²) in [6, 6.07) is 6.15. The molecule has 3 unspecified atom stereocenters. The van der Waals surface area contributed by atoms with E-state index < -0.39 is 90.8 Å². The van der Waals surface area contributed by atoms with E-state index in [-0.39, 0.29) is 0 Å². The largest absolute Gasteiger partial charge is 0.544 e. The molecule has 6 N–H and O–H groups in total. The average Bonchev–Trinajstić information content (AvgIpc) is 2.85. The molecule has 12 nitrogen and oxygen atoms in total. The second kappa shape index (κ2) is 12.6. The molecule has 1 aromatic carbocycles. The summed E-state index contributed by atoms with van der Waals surface area (Å²) in [6.45, 7) is 5.37. The molecule has 3 rings (SSSR count). The number of hydrogen-bond acceptors (Lipinski definition) is 12. The Bertz CT molecular complexity index is 963. The summed E-state index contributed by atoms with van der Waals surface area (Å²) < 4.78 is 17.3. The molecule has 38 heavy (non-hydrogen) atoms. The quantitative estimate of drug-likeness (QED) is 0.196. The molecule has 214 valence electrons. The van der Waals surface area contributed by atoms with Crippen molar-refractivity contribution < 1.29 is 54.4 Å². The Hall–Kier alpha value is -1.81. The molecule has 2 aliphatic rings. The van der Waals surface area contributed by atoms with E-state index in [4.69, 9.17) is 14.2 Å². The number of aliphatic hydroxyl groups is 5. The van der Waals surface area contributed by atoms with Crippen LogP contribution in [0.1, 0.15) is 32.8 Å². The van der Waals surface area contributed by atoms with Gasteiger partial charge in [0.1, 0.15) is 35.8 Å². The van der Waals surface area contributed by atoms with Gasteiger partial charge in [0, 0.05) is 24.2 Å². The molecule has 0 radical (unpaired) electrons. The molecule has 2 saturated heterocycles. The Morgan fingerprint density at radius 2 is 1.87 bits per heavy atom. The van der Waals surface area contributed by atoms with Crippen LogP contribution >= 0.6 is 11.8 Å². The third-order valence-corrected chi connectivity index (χ3v) is 8.07. The molecule has 1 amide bonds. The molecule has 13 heteroatoms. The van der Waals surface area contributed by atoms with Gasteiger partial charge >= 0.3 is 0 Å². The number of aryl methyl sites for hydroxylation is 1. The first kappa shape index (κ1) is 30.7. The number of aliphatic carboxylic acids is 1. The highest BCUT2D eigenvalue weighted by Gasteiger charge is 2.55. The van der Waals surface area contributed by atoms with Gasteiger partial charge in [-0.25, -0.2) is 0 Å². The van der Waals surface area contributed by atoms with Crippen LogP contribution in [0.5, 0.6) is 0 Å². The Kier molecular flexibility index (Phi) is 10.2. The van der Waals surface area contributed by atoms with E-state index in [9.17, 15) is 40.2 Å². The van der Waals surface area contributed by atoms with Crippen LogP contribution in [-0.4, -0.2) is 104 Å². The van der Waals surface area contributed by atoms with Crippen molar-refractivity contribution >= 4 is 23.6 Å². The van der Waals surface area contributed by atoms with E-state index in [1.165, 1.54) is 13.8 Å². The topological polar surface area (TPSA) is 198 Å².